The summed E-state index contributed by atoms with van der Waals surface area (Å²) in [5.74, 6) is 0.878. The van der Waals surface area contributed by atoms with Gasteiger partial charge in [-0.25, -0.2) is 15.0 Å². The number of halogens is 1. The maximum atomic E-state index is 5.21. The number of hydrogen-bond acceptors (Lipinski definition) is 4. The minimum atomic E-state index is 0.672. The van der Waals surface area contributed by atoms with Gasteiger partial charge in [0.1, 0.15) is 5.82 Å². The molecule has 0 aliphatic carbocycles. The van der Waals surface area contributed by atoms with E-state index >= 15 is 0 Å². The molecule has 2 heterocycles. The molecule has 6 heteroatoms. The van der Waals surface area contributed by atoms with Gasteiger partial charge in [-0.1, -0.05) is 40.2 Å². The Morgan fingerprint density at radius 1 is 1.00 bits per heavy atom. The molecule has 2 aromatic heterocycles. The normalized spacial score (nSPS) is 11.4. The van der Waals surface area contributed by atoms with E-state index in [1.54, 1.807) is 7.11 Å². The summed E-state index contributed by atoms with van der Waals surface area (Å²) in [6.45, 7) is 1.47. The Hall–Kier alpha value is -2.31. The van der Waals surface area contributed by atoms with Crippen molar-refractivity contribution in [3.63, 3.8) is 0 Å². The van der Waals surface area contributed by atoms with Gasteiger partial charge < -0.3 is 9.30 Å². The number of aryl methyl sites for hydroxylation is 1. The van der Waals surface area contributed by atoms with Crippen LogP contribution in [0, 0.1) is 0 Å². The second-order valence-electron chi connectivity index (χ2n) is 5.80. The number of nitrogens with zero attached hydrogens (tertiary/aromatic N) is 4. The maximum Gasteiger partial charge on any atom is 0.198 e. The number of ether oxygens (including phenoxy) is 1. The first kappa shape index (κ1) is 16.2. The number of methoxy groups -OCH3 is 1. The number of rotatable bonds is 5. The van der Waals surface area contributed by atoms with Gasteiger partial charge in [-0.3, -0.25) is 0 Å². The van der Waals surface area contributed by atoms with Gasteiger partial charge in [0.15, 0.2) is 11.3 Å². The molecule has 5 nitrogen and oxygen atoms in total. The SMILES string of the molecule is COCCCn1c(-c2cccc(Br)c2)nc2nc3ccccc3nc21. The average Bonchev–Trinajstić information content (AvgIpc) is 2.98. The molecule has 4 aromatic rings. The fraction of sp³-hybridized carbons (Fsp3) is 0.211. The predicted octanol–water partition coefficient (Wildman–Crippen LogP) is 4.45. The summed E-state index contributed by atoms with van der Waals surface area (Å²) in [6, 6.07) is 16.0. The Kier molecular flexibility index (Phi) is 4.46. The number of para-hydroxylation sites is 2. The van der Waals surface area contributed by atoms with Crippen molar-refractivity contribution in [2.75, 3.05) is 13.7 Å². The summed E-state index contributed by atoms with van der Waals surface area (Å²) in [7, 11) is 1.72. The molecule has 0 unspecified atom stereocenters. The van der Waals surface area contributed by atoms with Gasteiger partial charge in [0.2, 0.25) is 0 Å². The van der Waals surface area contributed by atoms with Gasteiger partial charge in [0.25, 0.3) is 0 Å². The largest absolute Gasteiger partial charge is 0.385 e. The summed E-state index contributed by atoms with van der Waals surface area (Å²) >= 11 is 3.54. The third kappa shape index (κ3) is 3.15. The molecule has 0 aliphatic heterocycles. The summed E-state index contributed by atoms with van der Waals surface area (Å²) in [5.41, 5.74) is 4.26. The molecule has 126 valence electrons. The van der Waals surface area contributed by atoms with Crippen LogP contribution in [0.4, 0.5) is 0 Å². The van der Waals surface area contributed by atoms with Crippen LogP contribution in [0.25, 0.3) is 33.7 Å². The summed E-state index contributed by atoms with van der Waals surface area (Å²) in [5, 5.41) is 0. The number of hydrogen-bond donors (Lipinski definition) is 0. The molecule has 25 heavy (non-hydrogen) atoms. The Morgan fingerprint density at radius 2 is 1.80 bits per heavy atom. The third-order valence-electron chi connectivity index (χ3n) is 4.07. The topological polar surface area (TPSA) is 52.8 Å². The van der Waals surface area contributed by atoms with E-state index in [0.717, 1.165) is 45.5 Å². The van der Waals surface area contributed by atoms with E-state index < -0.39 is 0 Å². The molecule has 0 fully saturated rings. The van der Waals surface area contributed by atoms with E-state index in [4.69, 9.17) is 19.7 Å². The first-order valence-electron chi connectivity index (χ1n) is 8.14. The maximum absolute atomic E-state index is 5.21. The van der Waals surface area contributed by atoms with Gasteiger partial charge in [0.05, 0.1) is 11.0 Å². The van der Waals surface area contributed by atoms with Gasteiger partial charge in [-0.2, -0.15) is 0 Å². The molecule has 0 aliphatic rings. The zero-order valence-electron chi connectivity index (χ0n) is 13.8. The van der Waals surface area contributed by atoms with Crippen molar-refractivity contribution >= 4 is 38.3 Å². The molecule has 0 radical (unpaired) electrons. The number of benzene rings is 2. The monoisotopic (exact) mass is 396 g/mol. The van der Waals surface area contributed by atoms with Crippen LogP contribution in [0.5, 0.6) is 0 Å². The molecule has 0 saturated carbocycles. The molecule has 2 aromatic carbocycles. The van der Waals surface area contributed by atoms with Crippen LogP contribution in [0.15, 0.2) is 53.0 Å². The van der Waals surface area contributed by atoms with E-state index in [2.05, 4.69) is 32.6 Å². The van der Waals surface area contributed by atoms with Crippen molar-refractivity contribution in [3.05, 3.63) is 53.0 Å². The lowest BCUT2D eigenvalue weighted by Gasteiger charge is -2.09. The molecular formula is C19H17BrN4O. The van der Waals surface area contributed by atoms with Gasteiger partial charge in [-0.05, 0) is 30.7 Å². The zero-order chi connectivity index (χ0) is 17.2. The fourth-order valence-corrected chi connectivity index (χ4v) is 3.32. The standard InChI is InChI=1S/C19H17BrN4O/c1-25-11-5-10-24-18(13-6-4-7-14(20)12-13)23-17-19(24)22-16-9-3-2-8-15(16)21-17/h2-4,6-9,12H,5,10-11H2,1H3. The van der Waals surface area contributed by atoms with Crippen molar-refractivity contribution in [1.29, 1.82) is 0 Å². The predicted molar refractivity (Wildman–Crippen MR) is 102 cm³/mol. The Morgan fingerprint density at radius 3 is 2.56 bits per heavy atom. The molecule has 0 spiro atoms. The number of fused-ring (bicyclic) bond motifs is 2. The molecular weight excluding hydrogens is 380 g/mol. The molecule has 0 bridgehead atoms. The van der Waals surface area contributed by atoms with Crippen LogP contribution in [0.1, 0.15) is 6.42 Å². The Balaban J connectivity index is 1.93. The molecule has 0 saturated heterocycles. The van der Waals surface area contributed by atoms with E-state index in [1.165, 1.54) is 0 Å². The van der Waals surface area contributed by atoms with Crippen LogP contribution in [-0.4, -0.2) is 33.2 Å². The second-order valence-corrected chi connectivity index (χ2v) is 6.72. The third-order valence-corrected chi connectivity index (χ3v) is 4.56. The van der Waals surface area contributed by atoms with Crippen molar-refractivity contribution in [3.8, 4) is 11.4 Å². The minimum Gasteiger partial charge on any atom is -0.385 e. The lowest BCUT2D eigenvalue weighted by molar-refractivity contribution is 0.191. The smallest absolute Gasteiger partial charge is 0.198 e. The van der Waals surface area contributed by atoms with E-state index in [-0.39, 0.29) is 0 Å². The van der Waals surface area contributed by atoms with Gasteiger partial charge in [-0.15, -0.1) is 0 Å². The zero-order valence-corrected chi connectivity index (χ0v) is 15.4. The van der Waals surface area contributed by atoms with Gasteiger partial charge in [0, 0.05) is 30.3 Å². The summed E-state index contributed by atoms with van der Waals surface area (Å²) in [4.78, 5) is 14.3. The van der Waals surface area contributed by atoms with Crippen LogP contribution >= 0.6 is 15.9 Å². The van der Waals surface area contributed by atoms with E-state index in [1.807, 2.05) is 36.4 Å². The molecule has 0 atom stereocenters. The Labute approximate surface area is 153 Å². The van der Waals surface area contributed by atoms with Gasteiger partial charge >= 0.3 is 0 Å². The van der Waals surface area contributed by atoms with Crippen LogP contribution < -0.4 is 0 Å². The minimum absolute atomic E-state index is 0.672. The lowest BCUT2D eigenvalue weighted by atomic mass is 10.2. The highest BCUT2D eigenvalue weighted by Gasteiger charge is 2.16. The highest BCUT2D eigenvalue weighted by Crippen LogP contribution is 2.27. The fourth-order valence-electron chi connectivity index (χ4n) is 2.93. The average molecular weight is 397 g/mol. The van der Waals surface area contributed by atoms with Crippen LogP contribution in [-0.2, 0) is 11.3 Å². The van der Waals surface area contributed by atoms with Crippen LogP contribution in [0.3, 0.4) is 0 Å². The van der Waals surface area contributed by atoms with Crippen LogP contribution in [0.2, 0.25) is 0 Å². The molecule has 4 rings (SSSR count). The van der Waals surface area contributed by atoms with Crippen molar-refractivity contribution in [1.82, 2.24) is 19.5 Å². The summed E-state index contributed by atoms with van der Waals surface area (Å²) < 4.78 is 8.36. The van der Waals surface area contributed by atoms with Crippen molar-refractivity contribution in [2.45, 2.75) is 13.0 Å². The van der Waals surface area contributed by atoms with E-state index in [9.17, 15) is 0 Å². The molecule has 0 amide bonds. The summed E-state index contributed by atoms with van der Waals surface area (Å²) in [6.07, 6.45) is 0.886. The highest BCUT2D eigenvalue weighted by atomic mass is 79.9. The van der Waals surface area contributed by atoms with E-state index in [0.29, 0.717) is 12.3 Å². The van der Waals surface area contributed by atoms with Crippen molar-refractivity contribution in [2.24, 2.45) is 0 Å². The van der Waals surface area contributed by atoms with Crippen molar-refractivity contribution < 1.29 is 4.74 Å². The molecule has 0 N–H and O–H groups in total. The second kappa shape index (κ2) is 6.90. The first-order chi connectivity index (χ1) is 12.3. The quantitative estimate of drug-likeness (QED) is 0.467. The highest BCUT2D eigenvalue weighted by molar-refractivity contribution is 9.10. The first-order valence-corrected chi connectivity index (χ1v) is 8.93. The number of aromatic nitrogens is 4. The lowest BCUT2D eigenvalue weighted by Crippen LogP contribution is -2.04. The Bertz CT molecular complexity index is 1040. The number of imidazole rings is 1.